The lowest BCUT2D eigenvalue weighted by molar-refractivity contribution is -0.133. The first-order valence-electron chi connectivity index (χ1n) is 11.1. The summed E-state index contributed by atoms with van der Waals surface area (Å²) in [7, 11) is 1.65. The first kappa shape index (κ1) is 20.6. The highest BCUT2D eigenvalue weighted by molar-refractivity contribution is 6.08. The number of urea groups is 1. The van der Waals surface area contributed by atoms with E-state index in [0.29, 0.717) is 19.5 Å². The minimum atomic E-state index is -0.949. The fourth-order valence-electron chi connectivity index (χ4n) is 5.17. The average molecular weight is 433 g/mol. The lowest BCUT2D eigenvalue weighted by Crippen LogP contribution is -2.53. The van der Waals surface area contributed by atoms with Gasteiger partial charge in [-0.05, 0) is 42.8 Å². The Balaban J connectivity index is 1.68. The van der Waals surface area contributed by atoms with Crippen LogP contribution in [0.3, 0.4) is 0 Å². The van der Waals surface area contributed by atoms with Gasteiger partial charge >= 0.3 is 6.03 Å². The number of nitrogens with one attached hydrogen (secondary N) is 2. The van der Waals surface area contributed by atoms with E-state index in [4.69, 9.17) is 4.74 Å². The van der Waals surface area contributed by atoms with E-state index < -0.39 is 5.54 Å². The van der Waals surface area contributed by atoms with E-state index in [9.17, 15) is 9.59 Å². The molecule has 3 amide bonds. The lowest BCUT2D eigenvalue weighted by Gasteiger charge is -2.42. The number of methoxy groups -OCH3 is 1. The molecule has 2 atom stereocenters. The quantitative estimate of drug-likeness (QED) is 0.462. The number of benzene rings is 2. The molecule has 2 aromatic carbocycles. The number of carbonyl (C=O) groups excluding carboxylic acids is 2. The number of aromatic amines is 1. The molecule has 7 nitrogen and oxygen atoms in total. The lowest BCUT2D eigenvalue weighted by atomic mass is 9.81. The van der Waals surface area contributed by atoms with Crippen LogP contribution in [-0.4, -0.2) is 59.0 Å². The fraction of sp³-hybridized carbons (Fsp3) is 0.360. The second-order valence-corrected chi connectivity index (χ2v) is 8.66. The number of fused-ring (bicyclic) bond motifs is 4. The molecule has 3 aromatic rings. The number of likely N-dealkylation sites (N-methyl/N-ethyl adjacent to an activating group) is 1. The van der Waals surface area contributed by atoms with Crippen LogP contribution in [-0.2, 0) is 11.2 Å². The molecule has 0 radical (unpaired) electrons. The van der Waals surface area contributed by atoms with Crippen LogP contribution in [0.4, 0.5) is 4.79 Å². The summed E-state index contributed by atoms with van der Waals surface area (Å²) in [6, 6.07) is 15.3. The Hall–Kier alpha value is -3.32. The number of rotatable bonds is 6. The molecule has 1 fully saturated rings. The molecule has 2 aliphatic heterocycles. The van der Waals surface area contributed by atoms with Crippen molar-refractivity contribution < 1.29 is 14.3 Å². The van der Waals surface area contributed by atoms with Gasteiger partial charge in [0.25, 0.3) is 5.91 Å². The van der Waals surface area contributed by atoms with E-state index in [1.54, 1.807) is 12.0 Å². The van der Waals surface area contributed by atoms with Crippen LogP contribution in [0.5, 0.6) is 5.75 Å². The molecule has 0 saturated carbocycles. The van der Waals surface area contributed by atoms with Gasteiger partial charge in [0.2, 0.25) is 0 Å². The van der Waals surface area contributed by atoms with Gasteiger partial charge in [-0.2, -0.15) is 0 Å². The summed E-state index contributed by atoms with van der Waals surface area (Å²) in [4.78, 5) is 34.0. The summed E-state index contributed by atoms with van der Waals surface area (Å²) >= 11 is 0. The standard InChI is InChI=1S/C25H28N4O3/c1-4-26-12-13-28-23(30)25(2)15-19-18-14-17(32-3)10-11-20(18)27-21(19)22(29(25)24(28)31)16-8-6-5-7-9-16/h5-11,14,22,26-27H,4,12-13,15H2,1-3H3. The molecular formula is C25H28N4O3. The van der Waals surface area contributed by atoms with Gasteiger partial charge in [-0.3, -0.25) is 14.6 Å². The molecule has 3 heterocycles. The largest absolute Gasteiger partial charge is 0.497 e. The van der Waals surface area contributed by atoms with Gasteiger partial charge in [0, 0.05) is 36.1 Å². The number of aromatic nitrogens is 1. The van der Waals surface area contributed by atoms with E-state index >= 15 is 0 Å². The number of ether oxygens (including phenoxy) is 1. The molecule has 0 spiro atoms. The van der Waals surface area contributed by atoms with Crippen LogP contribution in [0.1, 0.15) is 36.7 Å². The van der Waals surface area contributed by atoms with Gasteiger partial charge in [-0.1, -0.05) is 37.3 Å². The molecule has 5 rings (SSSR count). The van der Waals surface area contributed by atoms with Crippen molar-refractivity contribution in [3.8, 4) is 5.75 Å². The van der Waals surface area contributed by atoms with Crippen LogP contribution in [0.15, 0.2) is 48.5 Å². The number of imide groups is 1. The first-order valence-corrected chi connectivity index (χ1v) is 11.1. The van der Waals surface area contributed by atoms with Crippen molar-refractivity contribution in [2.24, 2.45) is 0 Å². The van der Waals surface area contributed by atoms with Crippen molar-refractivity contribution in [1.29, 1.82) is 0 Å². The second kappa shape index (κ2) is 7.67. The molecule has 32 heavy (non-hydrogen) atoms. The van der Waals surface area contributed by atoms with Crippen LogP contribution in [0, 0.1) is 0 Å². The zero-order valence-electron chi connectivity index (χ0n) is 18.6. The molecular weight excluding hydrogens is 404 g/mol. The summed E-state index contributed by atoms with van der Waals surface area (Å²) in [5, 5.41) is 4.25. The van der Waals surface area contributed by atoms with Crippen LogP contribution in [0.2, 0.25) is 0 Å². The molecule has 2 aliphatic rings. The number of carbonyl (C=O) groups is 2. The first-order chi connectivity index (χ1) is 15.5. The monoisotopic (exact) mass is 432 g/mol. The number of hydrogen-bond acceptors (Lipinski definition) is 4. The second-order valence-electron chi connectivity index (χ2n) is 8.66. The highest BCUT2D eigenvalue weighted by Crippen LogP contribution is 2.48. The molecule has 2 unspecified atom stereocenters. The molecule has 0 bridgehead atoms. The topological polar surface area (TPSA) is 77.7 Å². The fourth-order valence-corrected chi connectivity index (χ4v) is 5.17. The van der Waals surface area contributed by atoms with Gasteiger partial charge < -0.3 is 15.0 Å². The van der Waals surface area contributed by atoms with Crippen LogP contribution < -0.4 is 10.1 Å². The third-order valence-corrected chi connectivity index (χ3v) is 6.75. The molecule has 166 valence electrons. The maximum absolute atomic E-state index is 13.6. The van der Waals surface area contributed by atoms with Crippen molar-refractivity contribution in [3.05, 3.63) is 65.4 Å². The Morgan fingerprint density at radius 3 is 2.69 bits per heavy atom. The maximum Gasteiger partial charge on any atom is 0.328 e. The number of amides is 3. The summed E-state index contributed by atoms with van der Waals surface area (Å²) in [6.07, 6.45) is 0.459. The highest BCUT2D eigenvalue weighted by Gasteiger charge is 2.59. The molecule has 2 N–H and O–H groups in total. The van der Waals surface area contributed by atoms with Gasteiger partial charge in [0.15, 0.2) is 0 Å². The van der Waals surface area contributed by atoms with E-state index in [-0.39, 0.29) is 18.0 Å². The summed E-state index contributed by atoms with van der Waals surface area (Å²) in [6.45, 7) is 5.65. The molecule has 1 saturated heterocycles. The van der Waals surface area contributed by atoms with Crippen LogP contribution in [0.25, 0.3) is 10.9 Å². The number of nitrogens with zero attached hydrogens (tertiary/aromatic N) is 2. The predicted molar refractivity (Wildman–Crippen MR) is 123 cm³/mol. The number of hydrogen-bond donors (Lipinski definition) is 2. The van der Waals surface area contributed by atoms with Crippen molar-refractivity contribution in [2.45, 2.75) is 31.8 Å². The summed E-state index contributed by atoms with van der Waals surface area (Å²) in [5.74, 6) is 0.633. The van der Waals surface area contributed by atoms with Crippen molar-refractivity contribution in [1.82, 2.24) is 20.1 Å². The van der Waals surface area contributed by atoms with Crippen LogP contribution >= 0.6 is 0 Å². The van der Waals surface area contributed by atoms with E-state index in [2.05, 4.69) is 10.3 Å². The third-order valence-electron chi connectivity index (χ3n) is 6.75. The van der Waals surface area contributed by atoms with Crippen molar-refractivity contribution >= 4 is 22.8 Å². The van der Waals surface area contributed by atoms with E-state index in [1.165, 1.54) is 4.90 Å². The van der Waals surface area contributed by atoms with Gasteiger partial charge in [-0.25, -0.2) is 4.79 Å². The molecule has 7 heteroatoms. The summed E-state index contributed by atoms with van der Waals surface area (Å²) < 4.78 is 5.46. The summed E-state index contributed by atoms with van der Waals surface area (Å²) in [5.41, 5.74) is 3.04. The predicted octanol–water partition coefficient (Wildman–Crippen LogP) is 3.45. The zero-order valence-corrected chi connectivity index (χ0v) is 18.6. The minimum Gasteiger partial charge on any atom is -0.497 e. The third kappa shape index (κ3) is 2.92. The SMILES string of the molecule is CCNCCN1C(=O)N2C(c3ccccc3)c3[nH]c4ccc(OC)cc4c3CC2(C)C1=O. The molecule has 0 aliphatic carbocycles. The van der Waals surface area contributed by atoms with E-state index in [1.807, 2.05) is 62.4 Å². The van der Waals surface area contributed by atoms with Crippen molar-refractivity contribution in [3.63, 3.8) is 0 Å². The van der Waals surface area contributed by atoms with Gasteiger partial charge in [-0.15, -0.1) is 0 Å². The number of H-pyrrole nitrogens is 1. The Labute approximate surface area is 187 Å². The zero-order chi connectivity index (χ0) is 22.5. The minimum absolute atomic E-state index is 0.135. The maximum atomic E-state index is 13.6. The van der Waals surface area contributed by atoms with Crippen molar-refractivity contribution in [2.75, 3.05) is 26.7 Å². The molecule has 1 aromatic heterocycles. The Morgan fingerprint density at radius 2 is 1.97 bits per heavy atom. The van der Waals surface area contributed by atoms with Gasteiger partial charge in [0.1, 0.15) is 17.3 Å². The Kier molecular flexibility index (Phi) is 4.93. The Morgan fingerprint density at radius 1 is 1.19 bits per heavy atom. The Bertz CT molecular complexity index is 1190. The smallest absolute Gasteiger partial charge is 0.328 e. The highest BCUT2D eigenvalue weighted by atomic mass is 16.5. The van der Waals surface area contributed by atoms with Gasteiger partial charge in [0.05, 0.1) is 7.11 Å². The van der Waals surface area contributed by atoms with E-state index in [0.717, 1.165) is 40.0 Å². The normalized spacial score (nSPS) is 22.4. The average Bonchev–Trinajstić information content (AvgIpc) is 3.25.